The Balaban J connectivity index is 1.91. The Labute approximate surface area is 117 Å². The van der Waals surface area contributed by atoms with Crippen molar-refractivity contribution in [3.05, 3.63) is 29.8 Å². The van der Waals surface area contributed by atoms with Crippen LogP contribution in [-0.2, 0) is 9.59 Å². The molecule has 5 nitrogen and oxygen atoms in total. The highest BCUT2D eigenvalue weighted by Crippen LogP contribution is 2.32. The van der Waals surface area contributed by atoms with Crippen LogP contribution in [0.1, 0.15) is 25.3 Å². The van der Waals surface area contributed by atoms with Crippen molar-refractivity contribution in [2.24, 2.45) is 5.92 Å². The van der Waals surface area contributed by atoms with Crippen LogP contribution in [0.25, 0.3) is 0 Å². The predicted molar refractivity (Wildman–Crippen MR) is 73.6 cm³/mol. The van der Waals surface area contributed by atoms with Crippen LogP contribution in [0.4, 0.5) is 0 Å². The van der Waals surface area contributed by atoms with E-state index in [1.54, 1.807) is 19.1 Å². The van der Waals surface area contributed by atoms with E-state index in [4.69, 9.17) is 9.84 Å². The molecule has 5 heteroatoms. The fraction of sp³-hybridized carbons (Fsp3) is 0.467. The van der Waals surface area contributed by atoms with Gasteiger partial charge in [0.05, 0.1) is 0 Å². The predicted octanol–water partition coefficient (Wildman–Crippen LogP) is 1.74. The summed E-state index contributed by atoms with van der Waals surface area (Å²) in [5.74, 6) is -0.729. The fourth-order valence-corrected chi connectivity index (χ4v) is 1.96. The van der Waals surface area contributed by atoms with Crippen molar-refractivity contribution in [1.82, 2.24) is 5.32 Å². The first-order chi connectivity index (χ1) is 9.47. The molecule has 1 amide bonds. The Kier molecular flexibility index (Phi) is 4.27. The van der Waals surface area contributed by atoms with E-state index in [0.29, 0.717) is 5.75 Å². The quantitative estimate of drug-likeness (QED) is 0.830. The minimum absolute atomic E-state index is 0.0584. The van der Waals surface area contributed by atoms with Crippen molar-refractivity contribution in [1.29, 1.82) is 0 Å². The molecule has 1 aliphatic rings. The molecule has 0 radical (unpaired) electrons. The van der Waals surface area contributed by atoms with E-state index in [1.807, 2.05) is 19.1 Å². The number of aryl methyl sites for hydroxylation is 1. The lowest BCUT2D eigenvalue weighted by Gasteiger charge is -2.18. The van der Waals surface area contributed by atoms with Crippen LogP contribution >= 0.6 is 0 Å². The highest BCUT2D eigenvalue weighted by Gasteiger charge is 2.38. The number of ether oxygens (including phenoxy) is 1. The van der Waals surface area contributed by atoms with Gasteiger partial charge in [-0.15, -0.1) is 0 Å². The number of benzene rings is 1. The molecule has 2 atom stereocenters. The zero-order valence-corrected chi connectivity index (χ0v) is 11.6. The molecule has 0 aromatic heterocycles. The monoisotopic (exact) mass is 277 g/mol. The van der Waals surface area contributed by atoms with Crippen molar-refractivity contribution in [3.8, 4) is 5.75 Å². The van der Waals surface area contributed by atoms with Gasteiger partial charge in [0.2, 0.25) is 0 Å². The molecular formula is C15H19NO4. The van der Waals surface area contributed by atoms with E-state index in [2.05, 4.69) is 5.32 Å². The van der Waals surface area contributed by atoms with E-state index in [1.165, 1.54) is 0 Å². The third-order valence-corrected chi connectivity index (χ3v) is 3.36. The molecule has 108 valence electrons. The maximum atomic E-state index is 12.0. The molecule has 0 aliphatic heterocycles. The minimum Gasteiger partial charge on any atom is -0.481 e. The van der Waals surface area contributed by atoms with Crippen molar-refractivity contribution in [3.63, 3.8) is 0 Å². The fourth-order valence-electron chi connectivity index (χ4n) is 1.96. The molecule has 0 spiro atoms. The summed E-state index contributed by atoms with van der Waals surface area (Å²) in [6.07, 6.45) is 0.979. The second kappa shape index (κ2) is 5.94. The van der Waals surface area contributed by atoms with Gasteiger partial charge in [-0.05, 0) is 44.7 Å². The minimum atomic E-state index is -0.983. The van der Waals surface area contributed by atoms with Gasteiger partial charge in [-0.2, -0.15) is 0 Å². The average Bonchev–Trinajstić information content (AvgIpc) is 3.22. The van der Waals surface area contributed by atoms with Gasteiger partial charge in [-0.1, -0.05) is 17.7 Å². The number of rotatable bonds is 6. The van der Waals surface area contributed by atoms with E-state index >= 15 is 0 Å². The Morgan fingerprint density at radius 3 is 2.40 bits per heavy atom. The van der Waals surface area contributed by atoms with E-state index < -0.39 is 24.0 Å². The van der Waals surface area contributed by atoms with Gasteiger partial charge >= 0.3 is 5.97 Å². The first kappa shape index (κ1) is 14.4. The van der Waals surface area contributed by atoms with Crippen molar-refractivity contribution in [2.75, 3.05) is 0 Å². The zero-order chi connectivity index (χ0) is 14.7. The van der Waals surface area contributed by atoms with Crippen molar-refractivity contribution < 1.29 is 19.4 Å². The molecule has 2 N–H and O–H groups in total. The van der Waals surface area contributed by atoms with Gasteiger partial charge in [0.15, 0.2) is 6.10 Å². The number of carboxylic acids is 1. The summed E-state index contributed by atoms with van der Waals surface area (Å²) in [6, 6.07) is 6.56. The van der Waals surface area contributed by atoms with E-state index in [9.17, 15) is 9.59 Å². The molecule has 2 unspecified atom stereocenters. The Morgan fingerprint density at radius 1 is 1.30 bits per heavy atom. The smallest absolute Gasteiger partial charge is 0.326 e. The van der Waals surface area contributed by atoms with Crippen LogP contribution in [-0.4, -0.2) is 29.1 Å². The molecule has 0 saturated heterocycles. The summed E-state index contributed by atoms with van der Waals surface area (Å²) in [7, 11) is 0. The van der Waals surface area contributed by atoms with Crippen LogP contribution in [0.15, 0.2) is 24.3 Å². The lowest BCUT2D eigenvalue weighted by molar-refractivity contribution is -0.143. The molecular weight excluding hydrogens is 258 g/mol. The maximum absolute atomic E-state index is 12.0. The number of carbonyl (C=O) groups excluding carboxylic acids is 1. The summed E-state index contributed by atoms with van der Waals surface area (Å²) in [5, 5.41) is 11.6. The third kappa shape index (κ3) is 3.73. The van der Waals surface area contributed by atoms with Crippen molar-refractivity contribution in [2.45, 2.75) is 38.8 Å². The molecule has 1 saturated carbocycles. The lowest BCUT2D eigenvalue weighted by atomic mass is 10.2. The highest BCUT2D eigenvalue weighted by atomic mass is 16.5. The molecule has 20 heavy (non-hydrogen) atoms. The first-order valence-corrected chi connectivity index (χ1v) is 6.74. The molecule has 1 aliphatic carbocycles. The molecule has 0 heterocycles. The van der Waals surface area contributed by atoms with Gasteiger partial charge in [0.25, 0.3) is 5.91 Å². The summed E-state index contributed by atoms with van der Waals surface area (Å²) in [6.45, 7) is 3.58. The average molecular weight is 277 g/mol. The van der Waals surface area contributed by atoms with Crippen LogP contribution in [0, 0.1) is 12.8 Å². The zero-order valence-electron chi connectivity index (χ0n) is 11.6. The normalized spacial score (nSPS) is 17.1. The molecule has 0 bridgehead atoms. The second-order valence-electron chi connectivity index (χ2n) is 5.24. The Hall–Kier alpha value is -2.04. The van der Waals surface area contributed by atoms with Gasteiger partial charge < -0.3 is 15.2 Å². The van der Waals surface area contributed by atoms with Gasteiger partial charge in [-0.25, -0.2) is 4.79 Å². The van der Waals surface area contributed by atoms with Crippen LogP contribution in [0.3, 0.4) is 0 Å². The third-order valence-electron chi connectivity index (χ3n) is 3.36. The Bertz CT molecular complexity index is 493. The molecule has 1 fully saturated rings. The first-order valence-electron chi connectivity index (χ1n) is 6.74. The van der Waals surface area contributed by atoms with Gasteiger partial charge in [0, 0.05) is 0 Å². The number of hydrogen-bond acceptors (Lipinski definition) is 3. The van der Waals surface area contributed by atoms with E-state index in [-0.39, 0.29) is 5.92 Å². The van der Waals surface area contributed by atoms with Crippen molar-refractivity contribution >= 4 is 11.9 Å². The lowest BCUT2D eigenvalue weighted by Crippen LogP contribution is -2.47. The SMILES string of the molecule is Cc1ccc(OC(C)C(=O)NC(C(=O)O)C2CC2)cc1. The topological polar surface area (TPSA) is 75.6 Å². The molecule has 2 rings (SSSR count). The molecule has 1 aromatic rings. The van der Waals surface area contributed by atoms with Crippen LogP contribution in [0.2, 0.25) is 0 Å². The number of nitrogens with one attached hydrogen (secondary N) is 1. The van der Waals surface area contributed by atoms with E-state index in [0.717, 1.165) is 18.4 Å². The summed E-state index contributed by atoms with van der Waals surface area (Å²) < 4.78 is 5.51. The standard InChI is InChI=1S/C15H19NO4/c1-9-3-7-12(8-4-9)20-10(2)14(17)16-13(15(18)19)11-5-6-11/h3-4,7-8,10-11,13H,5-6H2,1-2H3,(H,16,17)(H,18,19). The number of amides is 1. The largest absolute Gasteiger partial charge is 0.481 e. The number of carbonyl (C=O) groups is 2. The molecule has 1 aromatic carbocycles. The maximum Gasteiger partial charge on any atom is 0.326 e. The number of aliphatic carboxylic acids is 1. The highest BCUT2D eigenvalue weighted by molar-refractivity contribution is 5.86. The number of carboxylic acid groups (broad SMARTS) is 1. The summed E-state index contributed by atoms with van der Waals surface area (Å²) in [4.78, 5) is 23.0. The summed E-state index contributed by atoms with van der Waals surface area (Å²) >= 11 is 0. The second-order valence-corrected chi connectivity index (χ2v) is 5.24. The Morgan fingerprint density at radius 2 is 1.90 bits per heavy atom. The van der Waals surface area contributed by atoms with Gasteiger partial charge in [0.1, 0.15) is 11.8 Å². The summed E-state index contributed by atoms with van der Waals surface area (Å²) in [5.41, 5.74) is 1.11. The van der Waals surface area contributed by atoms with Gasteiger partial charge in [-0.3, -0.25) is 4.79 Å². The van der Waals surface area contributed by atoms with Crippen LogP contribution in [0.5, 0.6) is 5.75 Å². The van der Waals surface area contributed by atoms with Crippen LogP contribution < -0.4 is 10.1 Å². The number of hydrogen-bond donors (Lipinski definition) is 2.